The highest BCUT2D eigenvalue weighted by Gasteiger charge is 2.39. The normalized spacial score (nSPS) is 39.8. The van der Waals surface area contributed by atoms with E-state index in [0.29, 0.717) is 0 Å². The second-order valence-corrected chi connectivity index (χ2v) is 4.75. The van der Waals surface area contributed by atoms with E-state index in [1.54, 1.807) is 12.8 Å². The Morgan fingerprint density at radius 1 is 1.18 bits per heavy atom. The number of hydrogen-bond acceptors (Lipinski definition) is 0. The van der Waals surface area contributed by atoms with Crippen molar-refractivity contribution < 1.29 is 0 Å². The van der Waals surface area contributed by atoms with E-state index in [2.05, 4.69) is 13.8 Å². The van der Waals surface area contributed by atoms with Crippen molar-refractivity contribution in [1.82, 2.24) is 0 Å². The van der Waals surface area contributed by atoms with Crippen LogP contribution in [0.3, 0.4) is 0 Å². The molecule has 0 aliphatic heterocycles. The number of hydrogen-bond donors (Lipinski definition) is 0. The zero-order chi connectivity index (χ0) is 7.84. The summed E-state index contributed by atoms with van der Waals surface area (Å²) in [6, 6.07) is 0. The van der Waals surface area contributed by atoms with Crippen LogP contribution < -0.4 is 0 Å². The predicted octanol–water partition coefficient (Wildman–Crippen LogP) is 3.47. The van der Waals surface area contributed by atoms with Crippen LogP contribution in [0.5, 0.6) is 0 Å². The van der Waals surface area contributed by atoms with Gasteiger partial charge < -0.3 is 0 Å². The van der Waals surface area contributed by atoms with Gasteiger partial charge >= 0.3 is 0 Å². The molecule has 0 spiro atoms. The van der Waals surface area contributed by atoms with Crippen LogP contribution in [0.4, 0.5) is 0 Å². The Hall–Kier alpha value is 0. The summed E-state index contributed by atoms with van der Waals surface area (Å²) in [6.07, 6.45) is 7.61. The minimum atomic E-state index is 1.05. The molecule has 64 valence electrons. The van der Waals surface area contributed by atoms with E-state index in [1.165, 1.54) is 19.3 Å². The van der Waals surface area contributed by atoms with Gasteiger partial charge in [0.2, 0.25) is 0 Å². The van der Waals surface area contributed by atoms with Crippen LogP contribution in [0.25, 0.3) is 0 Å². The summed E-state index contributed by atoms with van der Waals surface area (Å²) in [5.41, 5.74) is 0. The molecule has 2 rings (SSSR count). The van der Waals surface area contributed by atoms with Crippen molar-refractivity contribution in [3.8, 4) is 0 Å². The van der Waals surface area contributed by atoms with E-state index in [4.69, 9.17) is 0 Å². The highest BCUT2D eigenvalue weighted by Crippen LogP contribution is 2.49. The summed E-state index contributed by atoms with van der Waals surface area (Å²) in [5.74, 6) is 4.44. The van der Waals surface area contributed by atoms with Gasteiger partial charge in [0.15, 0.2) is 0 Å². The monoisotopic (exact) mass is 152 g/mol. The molecule has 2 saturated carbocycles. The number of rotatable bonds is 3. The highest BCUT2D eigenvalue weighted by molar-refractivity contribution is 4.90. The summed E-state index contributed by atoms with van der Waals surface area (Å²) < 4.78 is 0. The molecular weight excluding hydrogens is 132 g/mol. The first-order valence-electron chi connectivity index (χ1n) is 5.31. The molecule has 0 bridgehead atoms. The van der Waals surface area contributed by atoms with Gasteiger partial charge in [0.1, 0.15) is 0 Å². The third-order valence-corrected chi connectivity index (χ3v) is 3.71. The van der Waals surface area contributed by atoms with Crippen LogP contribution >= 0.6 is 0 Å². The van der Waals surface area contributed by atoms with Gasteiger partial charge in [0.05, 0.1) is 0 Å². The molecule has 2 aliphatic rings. The lowest BCUT2D eigenvalue weighted by Gasteiger charge is -2.38. The van der Waals surface area contributed by atoms with Crippen LogP contribution in [-0.2, 0) is 0 Å². The molecule has 2 fully saturated rings. The van der Waals surface area contributed by atoms with Crippen molar-refractivity contribution in [2.24, 2.45) is 23.7 Å². The Morgan fingerprint density at radius 3 is 2.18 bits per heavy atom. The predicted molar refractivity (Wildman–Crippen MR) is 48.4 cm³/mol. The van der Waals surface area contributed by atoms with E-state index >= 15 is 0 Å². The maximum atomic E-state index is 2.40. The van der Waals surface area contributed by atoms with Gasteiger partial charge in [0, 0.05) is 0 Å². The van der Waals surface area contributed by atoms with Gasteiger partial charge in [0.25, 0.3) is 0 Å². The zero-order valence-electron chi connectivity index (χ0n) is 7.84. The first-order chi connectivity index (χ1) is 5.31. The van der Waals surface area contributed by atoms with Crippen LogP contribution in [-0.4, -0.2) is 0 Å². The molecule has 0 aromatic rings. The standard InChI is InChI=1S/C11H20/c1-3-11(9-4-5-9)10-6-8(2)7-10/h8-11H,3-7H2,1-2H3. The van der Waals surface area contributed by atoms with Gasteiger partial charge in [-0.15, -0.1) is 0 Å². The van der Waals surface area contributed by atoms with Gasteiger partial charge in [-0.3, -0.25) is 0 Å². The first kappa shape index (κ1) is 7.64. The second-order valence-electron chi connectivity index (χ2n) is 4.75. The molecule has 0 heteroatoms. The molecule has 0 heterocycles. The van der Waals surface area contributed by atoms with Crippen molar-refractivity contribution in [2.75, 3.05) is 0 Å². The smallest absolute Gasteiger partial charge is 0.0360 e. The lowest BCUT2D eigenvalue weighted by Crippen LogP contribution is -2.29. The van der Waals surface area contributed by atoms with Crippen molar-refractivity contribution in [2.45, 2.75) is 46.0 Å². The fraction of sp³-hybridized carbons (Fsp3) is 1.00. The first-order valence-corrected chi connectivity index (χ1v) is 5.31. The van der Waals surface area contributed by atoms with Crippen LogP contribution in [0.1, 0.15) is 46.0 Å². The molecule has 2 aliphatic carbocycles. The topological polar surface area (TPSA) is 0 Å². The third-order valence-electron chi connectivity index (χ3n) is 3.71. The maximum Gasteiger partial charge on any atom is -0.0360 e. The molecule has 0 N–H and O–H groups in total. The third kappa shape index (κ3) is 1.45. The lowest BCUT2D eigenvalue weighted by molar-refractivity contribution is 0.118. The minimum absolute atomic E-state index is 1.05. The van der Waals surface area contributed by atoms with E-state index in [1.807, 2.05) is 0 Å². The largest absolute Gasteiger partial charge is 0.0651 e. The molecule has 1 atom stereocenters. The molecule has 0 radical (unpaired) electrons. The Bertz CT molecular complexity index is 129. The van der Waals surface area contributed by atoms with Crippen LogP contribution in [0.15, 0.2) is 0 Å². The fourth-order valence-electron chi connectivity index (χ4n) is 2.89. The quantitative estimate of drug-likeness (QED) is 0.581. The Balaban J connectivity index is 1.81. The van der Waals surface area contributed by atoms with Crippen LogP contribution in [0, 0.1) is 23.7 Å². The SMILES string of the molecule is CCC(C1CC1)C1CC(C)C1. The fourth-order valence-corrected chi connectivity index (χ4v) is 2.89. The Morgan fingerprint density at radius 2 is 1.82 bits per heavy atom. The Kier molecular flexibility index (Phi) is 1.95. The molecule has 0 aromatic heterocycles. The van der Waals surface area contributed by atoms with Gasteiger partial charge in [-0.2, -0.15) is 0 Å². The van der Waals surface area contributed by atoms with Gasteiger partial charge in [-0.25, -0.2) is 0 Å². The maximum absolute atomic E-state index is 2.40. The van der Waals surface area contributed by atoms with Crippen molar-refractivity contribution in [3.05, 3.63) is 0 Å². The molecule has 0 saturated heterocycles. The highest BCUT2D eigenvalue weighted by atomic mass is 14.4. The van der Waals surface area contributed by atoms with E-state index < -0.39 is 0 Å². The van der Waals surface area contributed by atoms with Crippen molar-refractivity contribution in [1.29, 1.82) is 0 Å². The van der Waals surface area contributed by atoms with Crippen molar-refractivity contribution in [3.63, 3.8) is 0 Å². The van der Waals surface area contributed by atoms with Crippen LogP contribution in [0.2, 0.25) is 0 Å². The zero-order valence-corrected chi connectivity index (χ0v) is 7.84. The molecule has 11 heavy (non-hydrogen) atoms. The molecular formula is C11H20. The molecule has 0 amide bonds. The average Bonchev–Trinajstić information content (AvgIpc) is 2.69. The summed E-state index contributed by atoms with van der Waals surface area (Å²) in [6.45, 7) is 4.78. The van der Waals surface area contributed by atoms with E-state index in [-0.39, 0.29) is 0 Å². The lowest BCUT2D eigenvalue weighted by atomic mass is 9.67. The summed E-state index contributed by atoms with van der Waals surface area (Å²) >= 11 is 0. The molecule has 1 unspecified atom stereocenters. The minimum Gasteiger partial charge on any atom is -0.0651 e. The second kappa shape index (κ2) is 2.80. The Labute approximate surface area is 70.4 Å². The van der Waals surface area contributed by atoms with Gasteiger partial charge in [-0.05, 0) is 49.4 Å². The summed E-state index contributed by atoms with van der Waals surface area (Å²) in [4.78, 5) is 0. The van der Waals surface area contributed by atoms with Gasteiger partial charge in [-0.1, -0.05) is 20.3 Å². The summed E-state index contributed by atoms with van der Waals surface area (Å²) in [7, 11) is 0. The summed E-state index contributed by atoms with van der Waals surface area (Å²) in [5, 5.41) is 0. The molecule has 0 aromatic carbocycles. The molecule has 0 nitrogen and oxygen atoms in total. The average molecular weight is 152 g/mol. The van der Waals surface area contributed by atoms with E-state index in [9.17, 15) is 0 Å². The van der Waals surface area contributed by atoms with Crippen molar-refractivity contribution >= 4 is 0 Å². The van der Waals surface area contributed by atoms with E-state index in [0.717, 1.165) is 23.7 Å².